The number of piperidine rings is 1. The van der Waals surface area contributed by atoms with Gasteiger partial charge in [-0.05, 0) is 55.7 Å². The summed E-state index contributed by atoms with van der Waals surface area (Å²) < 4.78 is 27.5. The molecule has 2 aromatic carbocycles. The van der Waals surface area contributed by atoms with Gasteiger partial charge >= 0.3 is 0 Å². The van der Waals surface area contributed by atoms with Gasteiger partial charge in [-0.2, -0.15) is 0 Å². The van der Waals surface area contributed by atoms with E-state index in [4.69, 9.17) is 0 Å². The van der Waals surface area contributed by atoms with Crippen LogP contribution in [0.2, 0.25) is 0 Å². The fourth-order valence-corrected chi connectivity index (χ4v) is 5.32. The molecule has 1 aliphatic heterocycles. The zero-order valence-electron chi connectivity index (χ0n) is 17.5. The third-order valence-electron chi connectivity index (χ3n) is 5.80. The van der Waals surface area contributed by atoms with Gasteiger partial charge in [-0.15, -0.1) is 5.10 Å². The standard InChI is InChI=1S/C22H27N5O2S/c1-17-6-10-19(11-7-17)21(26-14-4-3-5-15-26)22-23-24-25-27(22)16-30(28,29)20-12-8-18(2)9-13-20/h6-13,21H,3-5,14-16H2,1-2H3/p+1/t21-/m1/s1. The molecule has 0 amide bonds. The van der Waals surface area contributed by atoms with E-state index in [0.717, 1.165) is 37.1 Å². The van der Waals surface area contributed by atoms with Crippen molar-refractivity contribution in [3.8, 4) is 0 Å². The normalized spacial score (nSPS) is 16.5. The first kappa shape index (κ1) is 20.7. The van der Waals surface area contributed by atoms with Crippen LogP contribution < -0.4 is 4.90 Å². The number of nitrogens with zero attached hydrogens (tertiary/aromatic N) is 4. The summed E-state index contributed by atoms with van der Waals surface area (Å²) in [6.07, 6.45) is 3.54. The molecule has 2 heterocycles. The fraction of sp³-hybridized carbons (Fsp3) is 0.409. The Morgan fingerprint density at radius 1 is 0.933 bits per heavy atom. The lowest BCUT2D eigenvalue weighted by atomic mass is 10.00. The van der Waals surface area contributed by atoms with Crippen molar-refractivity contribution in [1.82, 2.24) is 20.2 Å². The van der Waals surface area contributed by atoms with Gasteiger partial charge in [-0.3, -0.25) is 0 Å². The quantitative estimate of drug-likeness (QED) is 0.651. The molecular formula is C22H28N5O2S+. The molecule has 3 aromatic rings. The van der Waals surface area contributed by atoms with Crippen molar-refractivity contribution in [3.63, 3.8) is 0 Å². The number of hydrogen-bond donors (Lipinski definition) is 1. The minimum atomic E-state index is -3.56. The third-order valence-corrected chi connectivity index (χ3v) is 7.38. The molecule has 158 valence electrons. The monoisotopic (exact) mass is 426 g/mol. The molecule has 0 saturated carbocycles. The van der Waals surface area contributed by atoms with Crippen LogP contribution in [0.25, 0.3) is 0 Å². The number of rotatable bonds is 6. The minimum absolute atomic E-state index is 0.0888. The number of nitrogens with one attached hydrogen (secondary N) is 1. The summed E-state index contributed by atoms with van der Waals surface area (Å²) in [5, 5.41) is 12.2. The van der Waals surface area contributed by atoms with Crippen molar-refractivity contribution in [2.24, 2.45) is 0 Å². The van der Waals surface area contributed by atoms with E-state index < -0.39 is 9.84 Å². The largest absolute Gasteiger partial charge is 0.322 e. The van der Waals surface area contributed by atoms with E-state index in [0.29, 0.717) is 5.82 Å². The lowest BCUT2D eigenvalue weighted by molar-refractivity contribution is -0.931. The number of aryl methyl sites for hydroxylation is 2. The van der Waals surface area contributed by atoms with Crippen LogP contribution in [0, 0.1) is 13.8 Å². The van der Waals surface area contributed by atoms with E-state index in [9.17, 15) is 8.42 Å². The van der Waals surface area contributed by atoms with E-state index >= 15 is 0 Å². The highest BCUT2D eigenvalue weighted by Gasteiger charge is 2.33. The molecule has 1 saturated heterocycles. The van der Waals surface area contributed by atoms with Crippen LogP contribution in [0.1, 0.15) is 47.8 Å². The van der Waals surface area contributed by atoms with Crippen LogP contribution >= 0.6 is 0 Å². The van der Waals surface area contributed by atoms with Crippen molar-refractivity contribution in [3.05, 3.63) is 71.0 Å². The fourth-order valence-electron chi connectivity index (χ4n) is 4.11. The average molecular weight is 427 g/mol. The second kappa shape index (κ2) is 8.65. The summed E-state index contributed by atoms with van der Waals surface area (Å²) in [7, 11) is -3.56. The van der Waals surface area contributed by atoms with Gasteiger partial charge in [-0.1, -0.05) is 47.5 Å². The van der Waals surface area contributed by atoms with Crippen LogP contribution in [0.5, 0.6) is 0 Å². The molecule has 4 rings (SSSR count). The topological polar surface area (TPSA) is 82.2 Å². The van der Waals surface area contributed by atoms with Crippen LogP contribution in [0.3, 0.4) is 0 Å². The highest BCUT2D eigenvalue weighted by atomic mass is 32.2. The van der Waals surface area contributed by atoms with E-state index in [1.54, 1.807) is 24.3 Å². The Morgan fingerprint density at radius 3 is 2.17 bits per heavy atom. The van der Waals surface area contributed by atoms with E-state index in [-0.39, 0.29) is 16.8 Å². The van der Waals surface area contributed by atoms with Crippen molar-refractivity contribution >= 4 is 9.84 Å². The van der Waals surface area contributed by atoms with Gasteiger partial charge < -0.3 is 4.90 Å². The predicted molar refractivity (Wildman–Crippen MR) is 114 cm³/mol. The highest BCUT2D eigenvalue weighted by Crippen LogP contribution is 2.21. The first-order chi connectivity index (χ1) is 14.4. The molecule has 1 aliphatic rings. The lowest BCUT2D eigenvalue weighted by Crippen LogP contribution is -3.13. The summed E-state index contributed by atoms with van der Waals surface area (Å²) in [5.41, 5.74) is 3.32. The summed E-state index contributed by atoms with van der Waals surface area (Å²) in [5.74, 6) is 0.333. The maximum Gasteiger partial charge on any atom is 0.215 e. The van der Waals surface area contributed by atoms with Gasteiger partial charge in [-0.25, -0.2) is 13.1 Å². The van der Waals surface area contributed by atoms with Gasteiger partial charge in [0, 0.05) is 5.56 Å². The Balaban J connectivity index is 1.70. The molecular weight excluding hydrogens is 398 g/mol. The number of benzene rings is 2. The minimum Gasteiger partial charge on any atom is -0.322 e. The van der Waals surface area contributed by atoms with Gasteiger partial charge in [0.15, 0.2) is 21.8 Å². The zero-order valence-corrected chi connectivity index (χ0v) is 18.3. The SMILES string of the molecule is Cc1ccc([C@H](c2nnnn2CS(=O)(=O)c2ccc(C)cc2)[NH+]2CCCCC2)cc1. The van der Waals surface area contributed by atoms with Crippen molar-refractivity contribution in [2.45, 2.75) is 49.9 Å². The Kier molecular flexibility index (Phi) is 5.97. The van der Waals surface area contributed by atoms with E-state index in [2.05, 4.69) is 46.7 Å². The Morgan fingerprint density at radius 2 is 1.53 bits per heavy atom. The van der Waals surface area contributed by atoms with E-state index in [1.807, 2.05) is 6.92 Å². The first-order valence-electron chi connectivity index (χ1n) is 10.4. The maximum atomic E-state index is 13.0. The molecule has 0 radical (unpaired) electrons. The molecule has 0 spiro atoms. The van der Waals surface area contributed by atoms with Crippen molar-refractivity contribution < 1.29 is 13.3 Å². The summed E-state index contributed by atoms with van der Waals surface area (Å²) >= 11 is 0. The molecule has 30 heavy (non-hydrogen) atoms. The van der Waals surface area contributed by atoms with Crippen LogP contribution in [-0.2, 0) is 15.7 Å². The third kappa shape index (κ3) is 4.44. The number of tetrazole rings is 1. The number of quaternary nitrogens is 1. The molecule has 1 N–H and O–H groups in total. The Bertz CT molecular complexity index is 1090. The number of likely N-dealkylation sites (tertiary alicyclic amines) is 1. The highest BCUT2D eigenvalue weighted by molar-refractivity contribution is 7.90. The van der Waals surface area contributed by atoms with Gasteiger partial charge in [0.1, 0.15) is 0 Å². The molecule has 0 bridgehead atoms. The second-order valence-electron chi connectivity index (χ2n) is 8.16. The van der Waals surface area contributed by atoms with Crippen molar-refractivity contribution in [2.75, 3.05) is 13.1 Å². The average Bonchev–Trinajstić information content (AvgIpc) is 3.18. The summed E-state index contributed by atoms with van der Waals surface area (Å²) in [4.78, 5) is 1.67. The van der Waals surface area contributed by atoms with Gasteiger partial charge in [0.2, 0.25) is 5.82 Å². The molecule has 8 heteroatoms. The number of sulfone groups is 1. The second-order valence-corrected chi connectivity index (χ2v) is 10.1. The maximum absolute atomic E-state index is 13.0. The molecule has 0 unspecified atom stereocenters. The summed E-state index contributed by atoms with van der Waals surface area (Å²) in [6.45, 7) is 6.04. The van der Waals surface area contributed by atoms with E-state index in [1.165, 1.54) is 21.6 Å². The lowest BCUT2D eigenvalue weighted by Gasteiger charge is -2.31. The van der Waals surface area contributed by atoms with Crippen LogP contribution in [0.15, 0.2) is 53.4 Å². The Hall–Kier alpha value is -2.58. The smallest absolute Gasteiger partial charge is 0.215 e. The predicted octanol–water partition coefficient (Wildman–Crippen LogP) is 1.88. The molecule has 1 fully saturated rings. The number of hydrogen-bond acceptors (Lipinski definition) is 5. The Labute approximate surface area is 177 Å². The van der Waals surface area contributed by atoms with Crippen molar-refractivity contribution in [1.29, 1.82) is 0 Å². The van der Waals surface area contributed by atoms with Gasteiger partial charge in [0.05, 0.1) is 18.0 Å². The van der Waals surface area contributed by atoms with Crippen LogP contribution in [-0.4, -0.2) is 41.7 Å². The number of aromatic nitrogens is 4. The zero-order chi connectivity index (χ0) is 21.1. The molecule has 1 aromatic heterocycles. The van der Waals surface area contributed by atoms with Gasteiger partial charge in [0.25, 0.3) is 0 Å². The molecule has 0 aliphatic carbocycles. The van der Waals surface area contributed by atoms with Crippen LogP contribution in [0.4, 0.5) is 0 Å². The first-order valence-corrected chi connectivity index (χ1v) is 12.1. The molecule has 1 atom stereocenters. The summed E-state index contributed by atoms with van der Waals surface area (Å²) in [6, 6.07) is 15.2. The molecule has 7 nitrogen and oxygen atoms in total.